The summed E-state index contributed by atoms with van der Waals surface area (Å²) in [4.78, 5) is 21.2. The maximum Gasteiger partial charge on any atom is 0.223 e. The van der Waals surface area contributed by atoms with Crippen molar-refractivity contribution in [2.24, 2.45) is 0 Å². The minimum Gasteiger partial charge on any atom is -0.495 e. The van der Waals surface area contributed by atoms with Crippen LogP contribution in [0.25, 0.3) is 11.3 Å². The van der Waals surface area contributed by atoms with E-state index in [2.05, 4.69) is 31.9 Å². The van der Waals surface area contributed by atoms with E-state index in [1.165, 1.54) is 0 Å². The molecule has 0 unspecified atom stereocenters. The van der Waals surface area contributed by atoms with Crippen LogP contribution in [0.2, 0.25) is 0 Å². The van der Waals surface area contributed by atoms with Gasteiger partial charge in [-0.05, 0) is 24.3 Å². The fourth-order valence-electron chi connectivity index (χ4n) is 3.63. The second-order valence-corrected chi connectivity index (χ2v) is 8.08. The zero-order valence-electron chi connectivity index (χ0n) is 16.9. The molecule has 2 heterocycles. The molecular formula is C23H24BrN3O3. The molecule has 0 radical (unpaired) electrons. The average Bonchev–Trinajstić information content (AvgIpc) is 3.27. The number of ether oxygens (including phenoxy) is 1. The number of benzene rings is 2. The highest BCUT2D eigenvalue weighted by Gasteiger charge is 2.23. The molecule has 30 heavy (non-hydrogen) atoms. The van der Waals surface area contributed by atoms with Gasteiger partial charge in [0.1, 0.15) is 5.75 Å². The van der Waals surface area contributed by atoms with Crippen LogP contribution in [0.5, 0.6) is 5.75 Å². The zero-order valence-corrected chi connectivity index (χ0v) is 18.5. The van der Waals surface area contributed by atoms with Gasteiger partial charge in [-0.25, -0.2) is 4.98 Å². The summed E-state index contributed by atoms with van der Waals surface area (Å²) >= 11 is 3.43. The first kappa shape index (κ1) is 20.5. The lowest BCUT2D eigenvalue weighted by Gasteiger charge is -2.36. The van der Waals surface area contributed by atoms with Gasteiger partial charge in [0.25, 0.3) is 0 Å². The van der Waals surface area contributed by atoms with E-state index in [9.17, 15) is 4.79 Å². The summed E-state index contributed by atoms with van der Waals surface area (Å²) in [7, 11) is 1.68. The van der Waals surface area contributed by atoms with Crippen LogP contribution in [0.15, 0.2) is 63.6 Å². The highest BCUT2D eigenvalue weighted by atomic mass is 79.9. The molecule has 0 saturated carbocycles. The second-order valence-electron chi connectivity index (χ2n) is 7.16. The fraction of sp³-hybridized carbons (Fsp3) is 0.304. The van der Waals surface area contributed by atoms with Gasteiger partial charge >= 0.3 is 0 Å². The molecule has 2 aromatic carbocycles. The quantitative estimate of drug-likeness (QED) is 0.535. The van der Waals surface area contributed by atoms with Crippen LogP contribution in [0, 0.1) is 0 Å². The molecule has 0 aliphatic carbocycles. The predicted octanol–water partition coefficient (Wildman–Crippen LogP) is 4.39. The number of carbonyl (C=O) groups excluding carboxylic acids is 1. The van der Waals surface area contributed by atoms with Gasteiger partial charge in [-0.15, -0.1) is 0 Å². The van der Waals surface area contributed by atoms with E-state index in [0.717, 1.165) is 40.3 Å². The molecule has 7 heteroatoms. The molecule has 3 aromatic rings. The van der Waals surface area contributed by atoms with Crippen molar-refractivity contribution in [3.05, 3.63) is 65.1 Å². The molecule has 0 atom stereocenters. The van der Waals surface area contributed by atoms with Gasteiger partial charge < -0.3 is 19.0 Å². The number of hydrogen-bond acceptors (Lipinski definition) is 5. The van der Waals surface area contributed by atoms with E-state index < -0.39 is 0 Å². The molecule has 1 fully saturated rings. The van der Waals surface area contributed by atoms with Gasteiger partial charge in [0.05, 0.1) is 19.0 Å². The van der Waals surface area contributed by atoms with Crippen LogP contribution in [0.4, 0.5) is 5.69 Å². The molecule has 0 spiro atoms. The van der Waals surface area contributed by atoms with Crippen LogP contribution in [0.1, 0.15) is 12.3 Å². The van der Waals surface area contributed by atoms with Gasteiger partial charge in [-0.1, -0.05) is 40.2 Å². The van der Waals surface area contributed by atoms with Crippen LogP contribution < -0.4 is 9.64 Å². The highest BCUT2D eigenvalue weighted by Crippen LogP contribution is 2.28. The Kier molecular flexibility index (Phi) is 6.38. The number of anilines is 1. The average molecular weight is 470 g/mol. The second kappa shape index (κ2) is 9.34. The van der Waals surface area contributed by atoms with E-state index in [0.29, 0.717) is 31.8 Å². The Balaban J connectivity index is 1.29. The number of aromatic nitrogens is 1. The molecule has 6 nitrogen and oxygen atoms in total. The van der Waals surface area contributed by atoms with Crippen molar-refractivity contribution in [2.45, 2.75) is 12.8 Å². The van der Waals surface area contributed by atoms with E-state index in [4.69, 9.17) is 9.15 Å². The Bertz CT molecular complexity index is 995. The van der Waals surface area contributed by atoms with Crippen LogP contribution in [-0.4, -0.2) is 49.1 Å². The SMILES string of the molecule is COc1ccccc1N1CCN(C(=O)CCc2ncc(-c3ccc(Br)cc3)o2)CC1. The third-order valence-corrected chi connectivity index (χ3v) is 5.82. The first-order chi connectivity index (χ1) is 14.6. The lowest BCUT2D eigenvalue weighted by Crippen LogP contribution is -2.48. The number of nitrogens with zero attached hydrogens (tertiary/aromatic N) is 3. The highest BCUT2D eigenvalue weighted by molar-refractivity contribution is 9.10. The number of oxazole rings is 1. The van der Waals surface area contributed by atoms with Crippen molar-refractivity contribution in [1.82, 2.24) is 9.88 Å². The van der Waals surface area contributed by atoms with E-state index >= 15 is 0 Å². The summed E-state index contributed by atoms with van der Waals surface area (Å²) < 4.78 is 12.3. The molecule has 1 aliphatic heterocycles. The molecule has 1 aromatic heterocycles. The summed E-state index contributed by atoms with van der Waals surface area (Å²) in [5.41, 5.74) is 2.04. The molecule has 0 N–H and O–H groups in total. The first-order valence-corrected chi connectivity index (χ1v) is 10.8. The summed E-state index contributed by atoms with van der Waals surface area (Å²) in [6.07, 6.45) is 2.62. The normalized spacial score (nSPS) is 14.1. The van der Waals surface area contributed by atoms with Crippen molar-refractivity contribution >= 4 is 27.5 Å². The molecule has 1 saturated heterocycles. The maximum absolute atomic E-state index is 12.7. The Labute approximate surface area is 184 Å². The number of para-hydroxylation sites is 2. The summed E-state index contributed by atoms with van der Waals surface area (Å²) in [5, 5.41) is 0. The molecule has 4 rings (SSSR count). The van der Waals surface area contributed by atoms with Crippen LogP contribution >= 0.6 is 15.9 Å². The topological polar surface area (TPSA) is 58.8 Å². The minimum absolute atomic E-state index is 0.137. The predicted molar refractivity (Wildman–Crippen MR) is 120 cm³/mol. The summed E-state index contributed by atoms with van der Waals surface area (Å²) in [6.45, 7) is 2.98. The molecule has 1 aliphatic rings. The number of amides is 1. The number of halogens is 1. The van der Waals surface area contributed by atoms with Gasteiger partial charge in [0, 0.05) is 49.1 Å². The largest absolute Gasteiger partial charge is 0.495 e. The van der Waals surface area contributed by atoms with Crippen molar-refractivity contribution in [3.8, 4) is 17.1 Å². The van der Waals surface area contributed by atoms with Crippen molar-refractivity contribution in [3.63, 3.8) is 0 Å². The number of aryl methyl sites for hydroxylation is 1. The van der Waals surface area contributed by atoms with Gasteiger partial charge in [-0.3, -0.25) is 4.79 Å². The molecular weight excluding hydrogens is 446 g/mol. The van der Waals surface area contributed by atoms with Crippen molar-refractivity contribution in [1.29, 1.82) is 0 Å². The van der Waals surface area contributed by atoms with Crippen LogP contribution in [0.3, 0.4) is 0 Å². The van der Waals surface area contributed by atoms with Gasteiger partial charge in [0.15, 0.2) is 11.7 Å². The van der Waals surface area contributed by atoms with E-state index in [1.807, 2.05) is 47.4 Å². The summed E-state index contributed by atoms with van der Waals surface area (Å²) in [5.74, 6) is 2.31. The monoisotopic (exact) mass is 469 g/mol. The third-order valence-electron chi connectivity index (χ3n) is 5.29. The van der Waals surface area contributed by atoms with E-state index in [-0.39, 0.29) is 5.91 Å². The third kappa shape index (κ3) is 4.67. The zero-order chi connectivity index (χ0) is 20.9. The number of methoxy groups -OCH3 is 1. The Morgan fingerprint density at radius 2 is 1.83 bits per heavy atom. The summed E-state index contributed by atoms with van der Waals surface area (Å²) in [6, 6.07) is 15.9. The molecule has 1 amide bonds. The molecule has 156 valence electrons. The first-order valence-electron chi connectivity index (χ1n) is 10.0. The lowest BCUT2D eigenvalue weighted by atomic mass is 10.2. The lowest BCUT2D eigenvalue weighted by molar-refractivity contribution is -0.131. The molecule has 0 bridgehead atoms. The van der Waals surface area contributed by atoms with Crippen molar-refractivity contribution in [2.75, 3.05) is 38.2 Å². The van der Waals surface area contributed by atoms with E-state index in [1.54, 1.807) is 13.3 Å². The smallest absolute Gasteiger partial charge is 0.223 e. The minimum atomic E-state index is 0.137. The van der Waals surface area contributed by atoms with Gasteiger partial charge in [0.2, 0.25) is 5.91 Å². The maximum atomic E-state index is 12.7. The number of hydrogen-bond donors (Lipinski definition) is 0. The van der Waals surface area contributed by atoms with Crippen molar-refractivity contribution < 1.29 is 13.9 Å². The van der Waals surface area contributed by atoms with Crippen LogP contribution in [-0.2, 0) is 11.2 Å². The number of piperazine rings is 1. The number of rotatable bonds is 6. The standard InChI is InChI=1S/C23H24BrN3O3/c1-29-20-5-3-2-4-19(20)26-12-14-27(15-13-26)23(28)11-10-22-25-16-21(30-22)17-6-8-18(24)9-7-17/h2-9,16H,10-15H2,1H3. The number of carbonyl (C=O) groups is 1. The Hall–Kier alpha value is -2.80. The fourth-order valence-corrected chi connectivity index (χ4v) is 3.90. The Morgan fingerprint density at radius 1 is 1.10 bits per heavy atom. The Morgan fingerprint density at radius 3 is 2.57 bits per heavy atom. The van der Waals surface area contributed by atoms with Gasteiger partial charge in [-0.2, -0.15) is 0 Å².